The number of piperidine rings is 1. The van der Waals surface area contributed by atoms with E-state index in [0.29, 0.717) is 5.92 Å². The van der Waals surface area contributed by atoms with Crippen LogP contribution in [0.1, 0.15) is 30.2 Å². The smallest absolute Gasteiger partial charge is 0.151 e. The van der Waals surface area contributed by atoms with Crippen LogP contribution in [-0.4, -0.2) is 24.0 Å². The Hall–Kier alpha value is -0.480. The first-order chi connectivity index (χ1) is 6.95. The van der Waals surface area contributed by atoms with E-state index >= 15 is 0 Å². The highest BCUT2D eigenvalue weighted by molar-refractivity contribution is 7.99. The zero-order chi connectivity index (χ0) is 9.38. The Morgan fingerprint density at radius 2 is 2.21 bits per heavy atom. The Kier molecular flexibility index (Phi) is 2.25. The molecule has 2 aliphatic heterocycles. The molecule has 0 saturated carbocycles. The van der Waals surface area contributed by atoms with Gasteiger partial charge < -0.3 is 9.84 Å². The van der Waals surface area contributed by atoms with Gasteiger partial charge in [0.15, 0.2) is 5.76 Å². The largest absolute Gasteiger partial charge is 0.360 e. The fraction of sp³-hybridized carbons (Fsp3) is 0.700. The second kappa shape index (κ2) is 3.59. The predicted octanol–water partition coefficient (Wildman–Crippen LogP) is 1.79. The lowest BCUT2D eigenvalue weighted by Gasteiger charge is -2.20. The van der Waals surface area contributed by atoms with Crippen LogP contribution in [0, 0.1) is 0 Å². The standard InChI is InChI=1S/C10H14N2OS/c1-4-11-5-2-7(1)9-10-8(13-12-9)3-6-14-10/h7,11H,1-6H2. The van der Waals surface area contributed by atoms with Gasteiger partial charge in [0.25, 0.3) is 0 Å². The zero-order valence-corrected chi connectivity index (χ0v) is 8.90. The van der Waals surface area contributed by atoms with Gasteiger partial charge in [-0.05, 0) is 25.9 Å². The molecule has 0 radical (unpaired) electrons. The van der Waals surface area contributed by atoms with Crippen LogP contribution in [0.2, 0.25) is 0 Å². The molecule has 14 heavy (non-hydrogen) atoms. The van der Waals surface area contributed by atoms with E-state index in [1.165, 1.54) is 29.2 Å². The Morgan fingerprint density at radius 1 is 1.36 bits per heavy atom. The number of rotatable bonds is 1. The lowest BCUT2D eigenvalue weighted by Crippen LogP contribution is -2.26. The second-order valence-corrected chi connectivity index (χ2v) is 5.05. The van der Waals surface area contributed by atoms with Crippen LogP contribution in [-0.2, 0) is 6.42 Å². The summed E-state index contributed by atoms with van der Waals surface area (Å²) in [6.07, 6.45) is 3.48. The Labute approximate surface area is 87.6 Å². The molecule has 0 amide bonds. The molecule has 3 heterocycles. The highest BCUT2D eigenvalue weighted by Gasteiger charge is 2.27. The van der Waals surface area contributed by atoms with Gasteiger partial charge >= 0.3 is 0 Å². The van der Waals surface area contributed by atoms with Crippen LogP contribution in [0.15, 0.2) is 9.42 Å². The van der Waals surface area contributed by atoms with Gasteiger partial charge in [-0.2, -0.15) is 0 Å². The first-order valence-corrected chi connectivity index (χ1v) is 6.25. The molecular formula is C10H14N2OS. The maximum atomic E-state index is 5.37. The van der Waals surface area contributed by atoms with Gasteiger partial charge in [0.05, 0.1) is 4.90 Å². The summed E-state index contributed by atoms with van der Waals surface area (Å²) in [4.78, 5) is 1.36. The summed E-state index contributed by atoms with van der Waals surface area (Å²) in [5.74, 6) is 2.94. The number of nitrogens with zero attached hydrogens (tertiary/aromatic N) is 1. The van der Waals surface area contributed by atoms with Gasteiger partial charge in [-0.1, -0.05) is 5.16 Å². The van der Waals surface area contributed by atoms with E-state index < -0.39 is 0 Å². The lowest BCUT2D eigenvalue weighted by molar-refractivity contribution is 0.364. The van der Waals surface area contributed by atoms with Crippen LogP contribution < -0.4 is 5.32 Å². The van der Waals surface area contributed by atoms with Crippen molar-refractivity contribution in [3.05, 3.63) is 11.5 Å². The van der Waals surface area contributed by atoms with Crippen LogP contribution in [0.25, 0.3) is 0 Å². The van der Waals surface area contributed by atoms with Gasteiger partial charge in [-0.25, -0.2) is 0 Å². The molecule has 0 bridgehead atoms. The van der Waals surface area contributed by atoms with Gasteiger partial charge in [0.2, 0.25) is 0 Å². The number of hydrogen-bond acceptors (Lipinski definition) is 4. The first-order valence-electron chi connectivity index (χ1n) is 5.27. The molecule has 76 valence electrons. The number of fused-ring (bicyclic) bond motifs is 1. The fourth-order valence-corrected chi connectivity index (χ4v) is 3.39. The van der Waals surface area contributed by atoms with Crippen molar-refractivity contribution in [2.75, 3.05) is 18.8 Å². The summed E-state index contributed by atoms with van der Waals surface area (Å²) in [7, 11) is 0. The van der Waals surface area contributed by atoms with Crippen molar-refractivity contribution >= 4 is 11.8 Å². The molecule has 1 saturated heterocycles. The van der Waals surface area contributed by atoms with Gasteiger partial charge in [-0.15, -0.1) is 11.8 Å². The maximum absolute atomic E-state index is 5.37. The van der Waals surface area contributed by atoms with Gasteiger partial charge in [-0.3, -0.25) is 0 Å². The van der Waals surface area contributed by atoms with Crippen molar-refractivity contribution in [1.29, 1.82) is 0 Å². The van der Waals surface area contributed by atoms with Crippen LogP contribution >= 0.6 is 11.8 Å². The lowest BCUT2D eigenvalue weighted by atomic mass is 9.94. The van der Waals surface area contributed by atoms with Crippen molar-refractivity contribution in [1.82, 2.24) is 10.5 Å². The van der Waals surface area contributed by atoms with Crippen molar-refractivity contribution in [2.24, 2.45) is 0 Å². The molecule has 1 fully saturated rings. The summed E-state index contributed by atoms with van der Waals surface area (Å²) in [6, 6.07) is 0. The quantitative estimate of drug-likeness (QED) is 0.767. The Balaban J connectivity index is 1.88. The molecule has 0 spiro atoms. The van der Waals surface area contributed by atoms with E-state index in [2.05, 4.69) is 10.5 Å². The highest BCUT2D eigenvalue weighted by atomic mass is 32.2. The maximum Gasteiger partial charge on any atom is 0.151 e. The third-order valence-corrected chi connectivity index (χ3v) is 4.18. The molecule has 0 atom stereocenters. The highest BCUT2D eigenvalue weighted by Crippen LogP contribution is 2.39. The molecule has 1 aromatic heterocycles. The number of aryl methyl sites for hydroxylation is 1. The topological polar surface area (TPSA) is 38.1 Å². The monoisotopic (exact) mass is 210 g/mol. The average molecular weight is 210 g/mol. The number of aromatic nitrogens is 1. The molecule has 1 aromatic rings. The van der Waals surface area contributed by atoms with Crippen LogP contribution in [0.5, 0.6) is 0 Å². The number of nitrogens with one attached hydrogen (secondary N) is 1. The number of thioether (sulfide) groups is 1. The van der Waals surface area contributed by atoms with Crippen molar-refractivity contribution < 1.29 is 4.52 Å². The van der Waals surface area contributed by atoms with Gasteiger partial charge in [0, 0.05) is 18.1 Å². The van der Waals surface area contributed by atoms with E-state index in [0.717, 1.165) is 25.3 Å². The van der Waals surface area contributed by atoms with Gasteiger partial charge in [0.1, 0.15) is 5.69 Å². The molecular weight excluding hydrogens is 196 g/mol. The minimum absolute atomic E-state index is 0.634. The summed E-state index contributed by atoms with van der Waals surface area (Å²) in [6.45, 7) is 2.24. The summed E-state index contributed by atoms with van der Waals surface area (Å²) in [5.41, 5.74) is 1.24. The molecule has 0 unspecified atom stereocenters. The minimum Gasteiger partial charge on any atom is -0.360 e. The average Bonchev–Trinajstić information content (AvgIpc) is 2.79. The first kappa shape index (κ1) is 8.80. The van der Waals surface area contributed by atoms with E-state index in [1.807, 2.05) is 11.8 Å². The number of hydrogen-bond donors (Lipinski definition) is 1. The van der Waals surface area contributed by atoms with Crippen LogP contribution in [0.4, 0.5) is 0 Å². The second-order valence-electron chi connectivity index (χ2n) is 3.94. The van der Waals surface area contributed by atoms with Crippen molar-refractivity contribution in [3.8, 4) is 0 Å². The Bertz CT molecular complexity index is 331. The normalized spacial score (nSPS) is 22.6. The third kappa shape index (κ3) is 1.37. The van der Waals surface area contributed by atoms with Crippen molar-refractivity contribution in [2.45, 2.75) is 30.1 Å². The van der Waals surface area contributed by atoms with E-state index in [4.69, 9.17) is 4.52 Å². The molecule has 1 N–H and O–H groups in total. The third-order valence-electron chi connectivity index (χ3n) is 3.04. The van der Waals surface area contributed by atoms with Crippen molar-refractivity contribution in [3.63, 3.8) is 0 Å². The molecule has 3 rings (SSSR count). The molecule has 3 nitrogen and oxygen atoms in total. The van der Waals surface area contributed by atoms with Crippen LogP contribution in [0.3, 0.4) is 0 Å². The summed E-state index contributed by atoms with van der Waals surface area (Å²) >= 11 is 1.92. The minimum atomic E-state index is 0.634. The molecule has 0 aromatic carbocycles. The SMILES string of the molecule is C1CC(c2noc3c2SCC3)CCN1. The predicted molar refractivity (Wildman–Crippen MR) is 55.8 cm³/mol. The fourth-order valence-electron chi connectivity index (χ4n) is 2.24. The van der Waals surface area contributed by atoms with E-state index in [-0.39, 0.29) is 0 Å². The van der Waals surface area contributed by atoms with E-state index in [1.54, 1.807) is 0 Å². The molecule has 2 aliphatic rings. The molecule has 4 heteroatoms. The summed E-state index contributed by atoms with van der Waals surface area (Å²) < 4.78 is 5.37. The van der Waals surface area contributed by atoms with E-state index in [9.17, 15) is 0 Å². The molecule has 0 aliphatic carbocycles. The Morgan fingerprint density at radius 3 is 3.07 bits per heavy atom. The summed E-state index contributed by atoms with van der Waals surface area (Å²) in [5, 5.41) is 7.62. The zero-order valence-electron chi connectivity index (χ0n) is 8.08.